The average Bonchev–Trinajstić information content (AvgIpc) is 2.39. The Labute approximate surface area is 99.3 Å². The monoisotopic (exact) mass is 231 g/mol. The Balaban J connectivity index is 2.36. The van der Waals surface area contributed by atoms with Gasteiger partial charge in [-0.25, -0.2) is 4.39 Å². The van der Waals surface area contributed by atoms with Crippen molar-refractivity contribution in [3.05, 3.63) is 54.0 Å². The quantitative estimate of drug-likeness (QED) is 0.847. The fourth-order valence-electron chi connectivity index (χ4n) is 1.56. The zero-order valence-electron chi connectivity index (χ0n) is 9.31. The van der Waals surface area contributed by atoms with E-state index in [9.17, 15) is 4.39 Å². The van der Waals surface area contributed by atoms with E-state index in [1.165, 1.54) is 12.1 Å². The zero-order chi connectivity index (χ0) is 12.3. The largest absolute Gasteiger partial charge is 0.329 e. The van der Waals surface area contributed by atoms with Gasteiger partial charge in [0.25, 0.3) is 0 Å². The average molecular weight is 231 g/mol. The summed E-state index contributed by atoms with van der Waals surface area (Å²) in [7, 11) is 0. The fourth-order valence-corrected chi connectivity index (χ4v) is 1.56. The van der Waals surface area contributed by atoms with Crippen molar-refractivity contribution in [1.29, 1.82) is 0 Å². The van der Waals surface area contributed by atoms with Gasteiger partial charge in [-0.05, 0) is 36.4 Å². The topological polar surface area (TPSA) is 64.9 Å². The molecular formula is C13H14FN3. The Bertz CT molecular complexity index is 496. The Morgan fingerprint density at radius 2 is 1.82 bits per heavy atom. The summed E-state index contributed by atoms with van der Waals surface area (Å²) in [5, 5.41) is 0. The van der Waals surface area contributed by atoms with Crippen molar-refractivity contribution in [3.8, 4) is 11.3 Å². The van der Waals surface area contributed by atoms with E-state index in [1.807, 2.05) is 18.2 Å². The van der Waals surface area contributed by atoms with Crippen molar-refractivity contribution in [1.82, 2.24) is 4.98 Å². The number of halogens is 1. The molecule has 4 heteroatoms. The first-order valence-electron chi connectivity index (χ1n) is 5.39. The van der Waals surface area contributed by atoms with Crippen LogP contribution in [0.25, 0.3) is 11.3 Å². The molecule has 0 saturated carbocycles. The highest BCUT2D eigenvalue weighted by Crippen LogP contribution is 2.19. The van der Waals surface area contributed by atoms with Gasteiger partial charge in [0.05, 0.1) is 17.4 Å². The molecule has 0 bridgehead atoms. The molecule has 0 aliphatic carbocycles. The molecule has 0 fully saturated rings. The maximum atomic E-state index is 12.8. The fraction of sp³-hybridized carbons (Fsp3) is 0.154. The first-order chi connectivity index (χ1) is 8.20. The number of hydrogen-bond acceptors (Lipinski definition) is 3. The summed E-state index contributed by atoms with van der Waals surface area (Å²) in [6, 6.07) is 11.5. The lowest BCUT2D eigenvalue weighted by Crippen LogP contribution is -2.21. The number of pyridine rings is 1. The molecule has 1 atom stereocenters. The van der Waals surface area contributed by atoms with Crippen molar-refractivity contribution >= 4 is 0 Å². The van der Waals surface area contributed by atoms with Crippen molar-refractivity contribution in [3.63, 3.8) is 0 Å². The maximum Gasteiger partial charge on any atom is 0.123 e. The smallest absolute Gasteiger partial charge is 0.123 e. The first-order valence-corrected chi connectivity index (χ1v) is 5.39. The minimum absolute atomic E-state index is 0.261. The summed E-state index contributed by atoms with van der Waals surface area (Å²) in [6.07, 6.45) is 0. The Morgan fingerprint density at radius 1 is 1.12 bits per heavy atom. The van der Waals surface area contributed by atoms with Gasteiger partial charge < -0.3 is 11.5 Å². The van der Waals surface area contributed by atoms with Crippen LogP contribution >= 0.6 is 0 Å². The highest BCUT2D eigenvalue weighted by Gasteiger charge is 2.06. The molecule has 1 unspecified atom stereocenters. The Kier molecular flexibility index (Phi) is 3.46. The molecule has 0 spiro atoms. The van der Waals surface area contributed by atoms with Crippen LogP contribution in [0.2, 0.25) is 0 Å². The molecule has 2 aromatic rings. The lowest BCUT2D eigenvalue weighted by molar-refractivity contribution is 0.628. The molecule has 4 N–H and O–H groups in total. The summed E-state index contributed by atoms with van der Waals surface area (Å²) in [5.41, 5.74) is 13.7. The van der Waals surface area contributed by atoms with Gasteiger partial charge in [-0.2, -0.15) is 0 Å². The van der Waals surface area contributed by atoms with E-state index < -0.39 is 0 Å². The van der Waals surface area contributed by atoms with Gasteiger partial charge >= 0.3 is 0 Å². The Morgan fingerprint density at radius 3 is 2.47 bits per heavy atom. The van der Waals surface area contributed by atoms with Crippen molar-refractivity contribution in [2.75, 3.05) is 6.54 Å². The molecule has 0 amide bonds. The van der Waals surface area contributed by atoms with Crippen LogP contribution in [0.4, 0.5) is 4.39 Å². The van der Waals surface area contributed by atoms with Gasteiger partial charge in [0.2, 0.25) is 0 Å². The first kappa shape index (κ1) is 11.7. The molecule has 3 nitrogen and oxygen atoms in total. The van der Waals surface area contributed by atoms with E-state index in [0.29, 0.717) is 6.54 Å². The molecule has 0 radical (unpaired) electrons. The molecule has 1 aromatic carbocycles. The van der Waals surface area contributed by atoms with Crippen LogP contribution in [-0.2, 0) is 0 Å². The van der Waals surface area contributed by atoms with Crippen molar-refractivity contribution in [2.45, 2.75) is 6.04 Å². The molecule has 1 aromatic heterocycles. The van der Waals surface area contributed by atoms with E-state index in [4.69, 9.17) is 11.5 Å². The summed E-state index contributed by atoms with van der Waals surface area (Å²) in [6.45, 7) is 0.347. The highest BCUT2D eigenvalue weighted by molar-refractivity contribution is 5.58. The maximum absolute atomic E-state index is 12.8. The zero-order valence-corrected chi connectivity index (χ0v) is 9.31. The molecular weight excluding hydrogens is 217 g/mol. The molecule has 88 valence electrons. The molecule has 17 heavy (non-hydrogen) atoms. The third-order valence-corrected chi connectivity index (χ3v) is 2.54. The lowest BCUT2D eigenvalue weighted by Gasteiger charge is -2.09. The van der Waals surface area contributed by atoms with Gasteiger partial charge in [0.15, 0.2) is 0 Å². The number of nitrogens with zero attached hydrogens (tertiary/aromatic N) is 1. The van der Waals surface area contributed by atoms with Gasteiger partial charge in [-0.3, -0.25) is 4.98 Å². The molecule has 0 aliphatic rings. The van der Waals surface area contributed by atoms with E-state index in [1.54, 1.807) is 12.1 Å². The van der Waals surface area contributed by atoms with Crippen LogP contribution in [0, 0.1) is 5.82 Å². The minimum Gasteiger partial charge on any atom is -0.329 e. The number of rotatable bonds is 3. The molecule has 0 aliphatic heterocycles. The summed E-state index contributed by atoms with van der Waals surface area (Å²) in [5.74, 6) is -0.261. The van der Waals surface area contributed by atoms with Gasteiger partial charge in [-0.15, -0.1) is 0 Å². The van der Waals surface area contributed by atoms with E-state index in [-0.39, 0.29) is 11.9 Å². The second-order valence-corrected chi connectivity index (χ2v) is 3.80. The predicted molar refractivity (Wildman–Crippen MR) is 65.6 cm³/mol. The second-order valence-electron chi connectivity index (χ2n) is 3.80. The normalized spacial score (nSPS) is 12.4. The predicted octanol–water partition coefficient (Wildman–Crippen LogP) is 1.85. The van der Waals surface area contributed by atoms with Gasteiger partial charge in [0.1, 0.15) is 5.82 Å². The number of benzene rings is 1. The van der Waals surface area contributed by atoms with E-state index in [0.717, 1.165) is 17.0 Å². The number of hydrogen-bond donors (Lipinski definition) is 2. The highest BCUT2D eigenvalue weighted by atomic mass is 19.1. The van der Waals surface area contributed by atoms with Gasteiger partial charge in [-0.1, -0.05) is 6.07 Å². The third-order valence-electron chi connectivity index (χ3n) is 2.54. The second kappa shape index (κ2) is 5.03. The van der Waals surface area contributed by atoms with Crippen LogP contribution in [0.15, 0.2) is 42.5 Å². The molecule has 1 heterocycles. The summed E-state index contributed by atoms with van der Waals surface area (Å²) < 4.78 is 12.8. The number of nitrogens with two attached hydrogens (primary N) is 2. The van der Waals surface area contributed by atoms with Crippen LogP contribution in [-0.4, -0.2) is 11.5 Å². The van der Waals surface area contributed by atoms with E-state index >= 15 is 0 Å². The van der Waals surface area contributed by atoms with Crippen LogP contribution in [0.3, 0.4) is 0 Å². The summed E-state index contributed by atoms with van der Waals surface area (Å²) in [4.78, 5) is 4.42. The minimum atomic E-state index is -0.268. The van der Waals surface area contributed by atoms with E-state index in [2.05, 4.69) is 4.98 Å². The van der Waals surface area contributed by atoms with Gasteiger partial charge in [0, 0.05) is 12.1 Å². The lowest BCUT2D eigenvalue weighted by atomic mass is 10.1. The molecule has 0 saturated heterocycles. The summed E-state index contributed by atoms with van der Waals surface area (Å²) >= 11 is 0. The Hall–Kier alpha value is -1.78. The van der Waals surface area contributed by atoms with Crippen LogP contribution < -0.4 is 11.5 Å². The van der Waals surface area contributed by atoms with Crippen molar-refractivity contribution in [2.24, 2.45) is 11.5 Å². The third kappa shape index (κ3) is 2.67. The SMILES string of the molecule is NCC(N)c1cccc(-c2ccc(F)cc2)n1. The molecule has 2 rings (SSSR count). The number of aromatic nitrogens is 1. The standard InChI is InChI=1S/C13H14FN3/c14-10-6-4-9(5-7-10)12-2-1-3-13(17-12)11(16)8-15/h1-7,11H,8,15-16H2. The van der Waals surface area contributed by atoms with Crippen LogP contribution in [0.5, 0.6) is 0 Å². The van der Waals surface area contributed by atoms with Crippen LogP contribution in [0.1, 0.15) is 11.7 Å². The van der Waals surface area contributed by atoms with Crippen molar-refractivity contribution < 1.29 is 4.39 Å².